The van der Waals surface area contributed by atoms with E-state index in [9.17, 15) is 9.59 Å². The van der Waals surface area contributed by atoms with E-state index in [-0.39, 0.29) is 17.9 Å². The lowest BCUT2D eigenvalue weighted by Gasteiger charge is -2.19. The highest BCUT2D eigenvalue weighted by Gasteiger charge is 2.17. The van der Waals surface area contributed by atoms with Gasteiger partial charge in [-0.25, -0.2) is 0 Å². The van der Waals surface area contributed by atoms with Gasteiger partial charge in [0.15, 0.2) is 0 Å². The van der Waals surface area contributed by atoms with Crippen LogP contribution in [0.3, 0.4) is 0 Å². The molecule has 0 saturated carbocycles. The molecule has 2 heterocycles. The molecule has 3 rings (SSSR count). The Bertz CT molecular complexity index is 810. The number of rotatable bonds is 9. The molecule has 2 amide bonds. The quantitative estimate of drug-likeness (QED) is 0.654. The van der Waals surface area contributed by atoms with Crippen LogP contribution < -0.4 is 5.32 Å². The zero-order valence-corrected chi connectivity index (χ0v) is 17.5. The van der Waals surface area contributed by atoms with Gasteiger partial charge < -0.3 is 19.5 Å². The molecule has 0 spiro atoms. The average molecular weight is 404 g/mol. The van der Waals surface area contributed by atoms with Crippen molar-refractivity contribution in [3.63, 3.8) is 0 Å². The summed E-state index contributed by atoms with van der Waals surface area (Å²) < 4.78 is 7.53. The highest BCUT2D eigenvalue weighted by molar-refractivity contribution is 8.00. The summed E-state index contributed by atoms with van der Waals surface area (Å²) in [4.78, 5) is 27.6. The van der Waals surface area contributed by atoms with Gasteiger partial charge in [0.05, 0.1) is 11.9 Å². The van der Waals surface area contributed by atoms with Gasteiger partial charge >= 0.3 is 0 Å². The van der Waals surface area contributed by atoms with E-state index in [0.717, 1.165) is 35.2 Å². The molecule has 1 saturated heterocycles. The van der Waals surface area contributed by atoms with E-state index < -0.39 is 0 Å². The zero-order valence-electron chi connectivity index (χ0n) is 16.6. The minimum atomic E-state index is 0.0107. The number of aromatic nitrogens is 1. The van der Waals surface area contributed by atoms with Crippen LogP contribution in [0.15, 0.2) is 35.4 Å². The molecule has 6 nitrogen and oxygen atoms in total. The van der Waals surface area contributed by atoms with E-state index in [0.29, 0.717) is 31.9 Å². The number of ether oxygens (including phenoxy) is 1. The third kappa shape index (κ3) is 5.08. The second-order valence-electron chi connectivity index (χ2n) is 6.93. The summed E-state index contributed by atoms with van der Waals surface area (Å²) in [5, 5.41) is 4.04. The number of hydrogen-bond donors (Lipinski definition) is 1. The van der Waals surface area contributed by atoms with Crippen molar-refractivity contribution in [3.8, 4) is 0 Å². The van der Waals surface area contributed by atoms with E-state index in [1.54, 1.807) is 0 Å². The van der Waals surface area contributed by atoms with Crippen LogP contribution in [0.5, 0.6) is 0 Å². The minimum absolute atomic E-state index is 0.0107. The maximum atomic E-state index is 12.5. The molecule has 7 heteroatoms. The number of nitrogens with zero attached hydrogens (tertiary/aromatic N) is 2. The van der Waals surface area contributed by atoms with Gasteiger partial charge in [-0.1, -0.05) is 18.2 Å². The molecule has 1 fully saturated rings. The summed E-state index contributed by atoms with van der Waals surface area (Å²) in [7, 11) is 0. The number of carbonyl (C=O) groups is 2. The molecule has 1 aromatic carbocycles. The Morgan fingerprint density at radius 1 is 1.29 bits per heavy atom. The van der Waals surface area contributed by atoms with Crippen LogP contribution in [-0.4, -0.2) is 59.4 Å². The number of fused-ring (bicyclic) bond motifs is 1. The van der Waals surface area contributed by atoms with Crippen LogP contribution in [0.4, 0.5) is 0 Å². The lowest BCUT2D eigenvalue weighted by atomic mass is 10.2. The van der Waals surface area contributed by atoms with E-state index in [1.165, 1.54) is 11.8 Å². The standard InChI is InChI=1S/C21H29N3O3S/c1-3-23(4-2)21(26)14-24-13-19(17-9-5-6-10-18(17)24)28-15-20(25)22-12-16-8-7-11-27-16/h5-6,9-10,13,16H,3-4,7-8,11-12,14-15H2,1-2H3,(H,22,25). The van der Waals surface area contributed by atoms with Gasteiger partial charge in [0.25, 0.3) is 0 Å². The fourth-order valence-electron chi connectivity index (χ4n) is 3.51. The summed E-state index contributed by atoms with van der Waals surface area (Å²) >= 11 is 1.51. The normalized spacial score (nSPS) is 16.4. The molecule has 0 radical (unpaired) electrons. The first kappa shape index (κ1) is 20.7. The Labute approximate surface area is 170 Å². The van der Waals surface area contributed by atoms with Gasteiger partial charge in [-0.2, -0.15) is 0 Å². The lowest BCUT2D eigenvalue weighted by Crippen LogP contribution is -2.33. The molecule has 0 aliphatic carbocycles. The predicted molar refractivity (Wildman–Crippen MR) is 113 cm³/mol. The molecule has 1 atom stereocenters. The highest BCUT2D eigenvalue weighted by atomic mass is 32.2. The van der Waals surface area contributed by atoms with Crippen molar-refractivity contribution in [1.29, 1.82) is 0 Å². The largest absolute Gasteiger partial charge is 0.376 e. The average Bonchev–Trinajstić information content (AvgIpc) is 3.34. The molecular weight excluding hydrogens is 374 g/mol. The number of para-hydroxylation sites is 1. The molecule has 152 valence electrons. The molecule has 1 aliphatic heterocycles. The van der Waals surface area contributed by atoms with Crippen molar-refractivity contribution in [2.75, 3.05) is 32.0 Å². The van der Waals surface area contributed by atoms with Gasteiger partial charge in [0, 0.05) is 48.2 Å². The van der Waals surface area contributed by atoms with Crippen LogP contribution in [0, 0.1) is 0 Å². The SMILES string of the molecule is CCN(CC)C(=O)Cn1cc(SCC(=O)NCC2CCCO2)c2ccccc21. The number of amides is 2. The van der Waals surface area contributed by atoms with E-state index >= 15 is 0 Å². The van der Waals surface area contributed by atoms with Gasteiger partial charge in [-0.15, -0.1) is 11.8 Å². The molecule has 0 bridgehead atoms. The number of nitrogens with one attached hydrogen (secondary N) is 1. The van der Waals surface area contributed by atoms with Crippen molar-refractivity contribution < 1.29 is 14.3 Å². The van der Waals surface area contributed by atoms with Crippen LogP contribution in [0.2, 0.25) is 0 Å². The van der Waals surface area contributed by atoms with Gasteiger partial charge in [-0.05, 0) is 32.8 Å². The molecule has 28 heavy (non-hydrogen) atoms. The van der Waals surface area contributed by atoms with E-state index in [1.807, 2.05) is 53.8 Å². The molecule has 1 aromatic heterocycles. The topological polar surface area (TPSA) is 63.6 Å². The number of likely N-dealkylation sites (N-methyl/N-ethyl adjacent to an activating group) is 1. The van der Waals surface area contributed by atoms with Crippen molar-refractivity contribution in [3.05, 3.63) is 30.5 Å². The van der Waals surface area contributed by atoms with Gasteiger partial charge in [-0.3, -0.25) is 9.59 Å². The Hall–Kier alpha value is -1.99. The first-order valence-electron chi connectivity index (χ1n) is 9.99. The molecule has 1 N–H and O–H groups in total. The maximum Gasteiger partial charge on any atom is 0.242 e. The van der Waals surface area contributed by atoms with Gasteiger partial charge in [0.1, 0.15) is 6.54 Å². The summed E-state index contributed by atoms with van der Waals surface area (Å²) in [6.45, 7) is 7.09. The number of hydrogen-bond acceptors (Lipinski definition) is 4. The Morgan fingerprint density at radius 2 is 2.07 bits per heavy atom. The second kappa shape index (κ2) is 9.98. The van der Waals surface area contributed by atoms with Crippen LogP contribution >= 0.6 is 11.8 Å². The van der Waals surface area contributed by atoms with Crippen molar-refractivity contribution in [2.45, 2.75) is 44.2 Å². The smallest absolute Gasteiger partial charge is 0.242 e. The van der Waals surface area contributed by atoms with Crippen LogP contribution in [0.25, 0.3) is 10.9 Å². The maximum absolute atomic E-state index is 12.5. The molecular formula is C21H29N3O3S. The molecule has 1 unspecified atom stereocenters. The Kier molecular flexibility index (Phi) is 7.39. The first-order chi connectivity index (χ1) is 13.6. The number of carbonyl (C=O) groups excluding carboxylic acids is 2. The third-order valence-electron chi connectivity index (χ3n) is 5.08. The van der Waals surface area contributed by atoms with Gasteiger partial charge in [0.2, 0.25) is 11.8 Å². The summed E-state index contributed by atoms with van der Waals surface area (Å²) in [5.74, 6) is 0.471. The van der Waals surface area contributed by atoms with Crippen molar-refractivity contribution in [2.24, 2.45) is 0 Å². The molecule has 2 aromatic rings. The van der Waals surface area contributed by atoms with Crippen molar-refractivity contribution >= 4 is 34.5 Å². The Balaban J connectivity index is 1.64. The number of benzene rings is 1. The first-order valence-corrected chi connectivity index (χ1v) is 11.0. The highest BCUT2D eigenvalue weighted by Crippen LogP contribution is 2.30. The third-order valence-corrected chi connectivity index (χ3v) is 6.13. The van der Waals surface area contributed by atoms with Crippen LogP contribution in [-0.2, 0) is 20.9 Å². The summed E-state index contributed by atoms with van der Waals surface area (Å²) in [5.41, 5.74) is 1.02. The molecule has 1 aliphatic rings. The fraction of sp³-hybridized carbons (Fsp3) is 0.524. The second-order valence-corrected chi connectivity index (χ2v) is 7.95. The summed E-state index contributed by atoms with van der Waals surface area (Å²) in [6.07, 6.45) is 4.23. The predicted octanol–water partition coefficient (Wildman–Crippen LogP) is 2.90. The lowest BCUT2D eigenvalue weighted by molar-refractivity contribution is -0.131. The summed E-state index contributed by atoms with van der Waals surface area (Å²) in [6, 6.07) is 8.02. The monoisotopic (exact) mass is 403 g/mol. The van der Waals surface area contributed by atoms with Crippen LogP contribution in [0.1, 0.15) is 26.7 Å². The Morgan fingerprint density at radius 3 is 2.79 bits per heavy atom. The minimum Gasteiger partial charge on any atom is -0.376 e. The van der Waals surface area contributed by atoms with Crippen molar-refractivity contribution in [1.82, 2.24) is 14.8 Å². The van der Waals surface area contributed by atoms with E-state index in [2.05, 4.69) is 5.32 Å². The number of thioether (sulfide) groups is 1. The fourth-order valence-corrected chi connectivity index (χ4v) is 4.43. The van der Waals surface area contributed by atoms with E-state index in [4.69, 9.17) is 4.74 Å². The zero-order chi connectivity index (χ0) is 19.9.